The van der Waals surface area contributed by atoms with Gasteiger partial charge in [0.1, 0.15) is 17.5 Å². The van der Waals surface area contributed by atoms with E-state index >= 15 is 0 Å². The molecule has 1 atom stereocenters. The van der Waals surface area contributed by atoms with Gasteiger partial charge in [-0.15, -0.1) is 0 Å². The Bertz CT molecular complexity index is 474. The minimum Gasteiger partial charge on any atom is -0.373 e. The van der Waals surface area contributed by atoms with Crippen molar-refractivity contribution in [1.82, 2.24) is 9.97 Å². The summed E-state index contributed by atoms with van der Waals surface area (Å²) >= 11 is 0. The molecule has 2 heterocycles. The van der Waals surface area contributed by atoms with Crippen molar-refractivity contribution >= 4 is 17.5 Å². The lowest BCUT2D eigenvalue weighted by Crippen LogP contribution is -2.28. The lowest BCUT2D eigenvalue weighted by atomic mass is 10.1. The van der Waals surface area contributed by atoms with Gasteiger partial charge in [-0.2, -0.15) is 0 Å². The maximum absolute atomic E-state index is 11.2. The predicted octanol–water partition coefficient (Wildman–Crippen LogP) is 0.953. The van der Waals surface area contributed by atoms with E-state index in [2.05, 4.69) is 34.0 Å². The van der Waals surface area contributed by atoms with E-state index < -0.39 is 0 Å². The van der Waals surface area contributed by atoms with Crippen molar-refractivity contribution < 1.29 is 4.79 Å². The summed E-state index contributed by atoms with van der Waals surface area (Å²) < 4.78 is 0. The second-order valence-corrected chi connectivity index (χ2v) is 5.21. The van der Waals surface area contributed by atoms with E-state index in [-0.39, 0.29) is 17.7 Å². The van der Waals surface area contributed by atoms with Gasteiger partial charge in [0.15, 0.2) is 0 Å². The zero-order valence-corrected chi connectivity index (χ0v) is 11.7. The summed E-state index contributed by atoms with van der Waals surface area (Å²) in [6, 6.07) is 1.91. The Hall–Kier alpha value is -1.85. The van der Waals surface area contributed by atoms with Crippen LogP contribution in [-0.2, 0) is 4.79 Å². The maximum Gasteiger partial charge on any atom is 0.222 e. The van der Waals surface area contributed by atoms with E-state index in [4.69, 9.17) is 5.73 Å². The molecule has 1 aromatic rings. The van der Waals surface area contributed by atoms with E-state index in [0.717, 1.165) is 30.4 Å². The molecule has 1 aliphatic heterocycles. The van der Waals surface area contributed by atoms with E-state index in [9.17, 15) is 4.79 Å². The molecule has 1 fully saturated rings. The van der Waals surface area contributed by atoms with Gasteiger partial charge in [0.2, 0.25) is 5.91 Å². The summed E-state index contributed by atoms with van der Waals surface area (Å²) in [4.78, 5) is 22.3. The molecule has 0 spiro atoms. The van der Waals surface area contributed by atoms with E-state index in [0.29, 0.717) is 6.54 Å². The summed E-state index contributed by atoms with van der Waals surface area (Å²) in [6.45, 7) is 5.59. The van der Waals surface area contributed by atoms with E-state index in [1.807, 2.05) is 13.1 Å². The summed E-state index contributed by atoms with van der Waals surface area (Å²) in [6.07, 6.45) is 0.797. The van der Waals surface area contributed by atoms with Crippen molar-refractivity contribution in [2.24, 2.45) is 11.7 Å². The monoisotopic (exact) mass is 263 g/mol. The van der Waals surface area contributed by atoms with Crippen LogP contribution in [0.25, 0.3) is 0 Å². The number of amides is 1. The lowest BCUT2D eigenvalue weighted by Gasteiger charge is -2.19. The Balaban J connectivity index is 2.25. The number of primary amides is 1. The SMILES string of the molecule is CNc1cc(N2CCC(C(N)=O)C2)nc(C(C)C)n1. The van der Waals surface area contributed by atoms with Crippen LogP contribution in [-0.4, -0.2) is 36.0 Å². The van der Waals surface area contributed by atoms with Crippen molar-refractivity contribution in [2.75, 3.05) is 30.4 Å². The first kappa shape index (κ1) is 13.6. The topological polar surface area (TPSA) is 84.1 Å². The molecule has 104 valence electrons. The normalized spacial score (nSPS) is 18.9. The quantitative estimate of drug-likeness (QED) is 0.845. The minimum atomic E-state index is -0.227. The Morgan fingerprint density at radius 1 is 1.53 bits per heavy atom. The molecule has 1 unspecified atom stereocenters. The molecule has 1 aromatic heterocycles. The number of rotatable bonds is 4. The summed E-state index contributed by atoms with van der Waals surface area (Å²) in [5.41, 5.74) is 5.36. The molecule has 0 radical (unpaired) electrons. The zero-order valence-electron chi connectivity index (χ0n) is 11.7. The molecule has 1 amide bonds. The number of carbonyl (C=O) groups excluding carboxylic acids is 1. The third-order valence-corrected chi connectivity index (χ3v) is 3.42. The molecule has 6 nitrogen and oxygen atoms in total. The number of hydrogen-bond acceptors (Lipinski definition) is 5. The fourth-order valence-electron chi connectivity index (χ4n) is 2.20. The highest BCUT2D eigenvalue weighted by Crippen LogP contribution is 2.25. The Morgan fingerprint density at radius 3 is 2.79 bits per heavy atom. The number of hydrogen-bond donors (Lipinski definition) is 2. The van der Waals surface area contributed by atoms with Crippen LogP contribution in [0, 0.1) is 5.92 Å². The van der Waals surface area contributed by atoms with Crippen LogP contribution in [0.15, 0.2) is 6.07 Å². The van der Waals surface area contributed by atoms with Crippen LogP contribution < -0.4 is 16.0 Å². The first-order valence-electron chi connectivity index (χ1n) is 6.62. The standard InChI is InChI=1S/C13H21N5O/c1-8(2)13-16-10(15-3)6-11(17-13)18-5-4-9(7-18)12(14)19/h6,8-9H,4-5,7H2,1-3H3,(H2,14,19)(H,15,16,17). The average molecular weight is 263 g/mol. The molecule has 3 N–H and O–H groups in total. The molecule has 0 saturated carbocycles. The second kappa shape index (κ2) is 5.42. The fourth-order valence-corrected chi connectivity index (χ4v) is 2.20. The molecule has 1 saturated heterocycles. The van der Waals surface area contributed by atoms with Crippen molar-refractivity contribution in [2.45, 2.75) is 26.2 Å². The van der Waals surface area contributed by atoms with E-state index in [1.165, 1.54) is 0 Å². The largest absolute Gasteiger partial charge is 0.373 e. The molecular weight excluding hydrogens is 242 g/mol. The summed E-state index contributed by atoms with van der Waals surface area (Å²) in [7, 11) is 1.84. The van der Waals surface area contributed by atoms with Crippen molar-refractivity contribution in [3.63, 3.8) is 0 Å². The molecule has 1 aliphatic rings. The Labute approximate surface area is 113 Å². The van der Waals surface area contributed by atoms with Crippen molar-refractivity contribution in [3.8, 4) is 0 Å². The molecular formula is C13H21N5O. The van der Waals surface area contributed by atoms with Gasteiger partial charge in [-0.25, -0.2) is 9.97 Å². The van der Waals surface area contributed by atoms with Crippen LogP contribution in [0.1, 0.15) is 32.0 Å². The van der Waals surface area contributed by atoms with Crippen molar-refractivity contribution in [3.05, 3.63) is 11.9 Å². The molecule has 0 aromatic carbocycles. The number of anilines is 2. The first-order chi connectivity index (χ1) is 9.01. The van der Waals surface area contributed by atoms with Crippen LogP contribution >= 0.6 is 0 Å². The van der Waals surface area contributed by atoms with E-state index in [1.54, 1.807) is 0 Å². The lowest BCUT2D eigenvalue weighted by molar-refractivity contribution is -0.121. The highest BCUT2D eigenvalue weighted by atomic mass is 16.1. The van der Waals surface area contributed by atoms with Crippen LogP contribution in [0.3, 0.4) is 0 Å². The highest BCUT2D eigenvalue weighted by molar-refractivity contribution is 5.78. The predicted molar refractivity (Wildman–Crippen MR) is 75.2 cm³/mol. The van der Waals surface area contributed by atoms with Gasteiger partial charge < -0.3 is 16.0 Å². The van der Waals surface area contributed by atoms with Crippen LogP contribution in [0.4, 0.5) is 11.6 Å². The number of carbonyl (C=O) groups is 1. The van der Waals surface area contributed by atoms with Crippen LogP contribution in [0.5, 0.6) is 0 Å². The molecule has 2 rings (SSSR count). The average Bonchev–Trinajstić information content (AvgIpc) is 2.87. The molecule has 0 aliphatic carbocycles. The number of nitrogens with zero attached hydrogens (tertiary/aromatic N) is 3. The third kappa shape index (κ3) is 2.94. The van der Waals surface area contributed by atoms with Gasteiger partial charge in [-0.05, 0) is 6.42 Å². The van der Waals surface area contributed by atoms with Gasteiger partial charge >= 0.3 is 0 Å². The van der Waals surface area contributed by atoms with Gasteiger partial charge in [-0.1, -0.05) is 13.8 Å². The third-order valence-electron chi connectivity index (χ3n) is 3.42. The maximum atomic E-state index is 11.2. The van der Waals surface area contributed by atoms with Gasteiger partial charge in [-0.3, -0.25) is 4.79 Å². The fraction of sp³-hybridized carbons (Fsp3) is 0.615. The second-order valence-electron chi connectivity index (χ2n) is 5.21. The smallest absolute Gasteiger partial charge is 0.222 e. The Kier molecular flexibility index (Phi) is 3.87. The number of nitrogens with two attached hydrogens (primary N) is 1. The molecule has 0 bridgehead atoms. The molecule has 6 heteroatoms. The summed E-state index contributed by atoms with van der Waals surface area (Å²) in [5, 5.41) is 3.05. The molecule has 19 heavy (non-hydrogen) atoms. The highest BCUT2D eigenvalue weighted by Gasteiger charge is 2.28. The number of nitrogens with one attached hydrogen (secondary N) is 1. The van der Waals surface area contributed by atoms with Crippen LogP contribution in [0.2, 0.25) is 0 Å². The number of aromatic nitrogens is 2. The minimum absolute atomic E-state index is 0.0736. The van der Waals surface area contributed by atoms with Crippen molar-refractivity contribution in [1.29, 1.82) is 0 Å². The first-order valence-corrected chi connectivity index (χ1v) is 6.62. The summed E-state index contributed by atoms with van der Waals surface area (Å²) in [5.74, 6) is 2.44. The van der Waals surface area contributed by atoms with Gasteiger partial charge in [0.05, 0.1) is 5.92 Å². The zero-order chi connectivity index (χ0) is 14.0. The Morgan fingerprint density at radius 2 is 2.26 bits per heavy atom. The van der Waals surface area contributed by atoms with Gasteiger partial charge in [0.25, 0.3) is 0 Å². The van der Waals surface area contributed by atoms with Gasteiger partial charge in [0, 0.05) is 32.1 Å².